The molecule has 1 heterocycles. The van der Waals surface area contributed by atoms with Gasteiger partial charge in [0.2, 0.25) is 0 Å². The first kappa shape index (κ1) is 17.7. The second-order valence-corrected chi connectivity index (χ2v) is 6.19. The lowest BCUT2D eigenvalue weighted by Crippen LogP contribution is -2.39. The number of rotatable bonds is 6. The number of nitrogens with one attached hydrogen (secondary N) is 1. The summed E-state index contributed by atoms with van der Waals surface area (Å²) in [6.07, 6.45) is 3.98. The highest BCUT2D eigenvalue weighted by Crippen LogP contribution is 2.20. The fourth-order valence-electron chi connectivity index (χ4n) is 2.73. The van der Waals surface area contributed by atoms with Gasteiger partial charge in [0.25, 0.3) is 0 Å². The maximum absolute atomic E-state index is 12.4. The van der Waals surface area contributed by atoms with Crippen molar-refractivity contribution in [1.82, 2.24) is 25.0 Å². The van der Waals surface area contributed by atoms with Crippen LogP contribution in [-0.4, -0.2) is 39.3 Å². The molecule has 0 saturated carbocycles. The molecule has 6 heteroatoms. The van der Waals surface area contributed by atoms with Crippen LogP contribution in [0.1, 0.15) is 24.1 Å². The summed E-state index contributed by atoms with van der Waals surface area (Å²) in [4.78, 5) is 18.1. The van der Waals surface area contributed by atoms with E-state index in [1.165, 1.54) is 11.9 Å². The number of aromatic nitrogens is 3. The number of carbonyl (C=O) groups excluding carboxylic acids is 1. The Morgan fingerprint density at radius 1 is 1.15 bits per heavy atom. The average Bonchev–Trinajstić information content (AvgIpc) is 3.22. The first-order valence-corrected chi connectivity index (χ1v) is 8.64. The predicted octanol–water partition coefficient (Wildman–Crippen LogP) is 3.21. The van der Waals surface area contributed by atoms with E-state index in [2.05, 4.69) is 27.5 Å². The summed E-state index contributed by atoms with van der Waals surface area (Å²) in [5, 5.41) is 7.09. The minimum Gasteiger partial charge on any atom is -0.338 e. The quantitative estimate of drug-likeness (QED) is 0.743. The van der Waals surface area contributed by atoms with Crippen molar-refractivity contribution in [2.75, 3.05) is 13.6 Å². The third-order valence-electron chi connectivity index (χ3n) is 4.49. The summed E-state index contributed by atoms with van der Waals surface area (Å²) in [6, 6.07) is 18.0. The molecule has 1 N–H and O–H groups in total. The van der Waals surface area contributed by atoms with Crippen LogP contribution in [0.4, 0.5) is 4.79 Å². The lowest BCUT2D eigenvalue weighted by Gasteiger charge is -2.25. The first-order chi connectivity index (χ1) is 12.6. The maximum atomic E-state index is 12.4. The zero-order valence-electron chi connectivity index (χ0n) is 15.0. The Kier molecular flexibility index (Phi) is 5.63. The second kappa shape index (κ2) is 8.29. The number of urea groups is 1. The Morgan fingerprint density at radius 2 is 1.88 bits per heavy atom. The molecular weight excluding hydrogens is 326 g/mol. The number of nitrogens with zero attached hydrogens (tertiary/aromatic N) is 4. The molecule has 26 heavy (non-hydrogen) atoms. The highest BCUT2D eigenvalue weighted by molar-refractivity contribution is 5.74. The number of carbonyl (C=O) groups is 1. The van der Waals surface area contributed by atoms with Crippen molar-refractivity contribution >= 4 is 6.03 Å². The van der Waals surface area contributed by atoms with Crippen molar-refractivity contribution in [2.45, 2.75) is 19.4 Å². The predicted molar refractivity (Wildman–Crippen MR) is 101 cm³/mol. The fraction of sp³-hybridized carbons (Fsp3) is 0.250. The molecule has 0 aliphatic rings. The molecular formula is C20H23N5O. The van der Waals surface area contributed by atoms with E-state index in [1.807, 2.05) is 56.4 Å². The topological polar surface area (TPSA) is 63.1 Å². The Balaban J connectivity index is 1.54. The largest absolute Gasteiger partial charge is 0.338 e. The third-order valence-corrected chi connectivity index (χ3v) is 4.49. The van der Waals surface area contributed by atoms with E-state index >= 15 is 0 Å². The monoisotopic (exact) mass is 349 g/mol. The molecule has 2 aromatic carbocycles. The first-order valence-electron chi connectivity index (χ1n) is 8.64. The Hall–Kier alpha value is -3.15. The molecule has 0 saturated heterocycles. The molecule has 1 atom stereocenters. The number of hydrogen-bond acceptors (Lipinski definition) is 3. The Labute approximate surface area is 153 Å². The summed E-state index contributed by atoms with van der Waals surface area (Å²) in [6.45, 7) is 2.63. The van der Waals surface area contributed by atoms with Crippen LogP contribution in [0.3, 0.4) is 0 Å². The Bertz CT molecular complexity index is 815. The molecule has 1 unspecified atom stereocenters. The van der Waals surface area contributed by atoms with Crippen molar-refractivity contribution in [3.8, 4) is 5.69 Å². The van der Waals surface area contributed by atoms with Gasteiger partial charge in [0.05, 0.1) is 11.7 Å². The van der Waals surface area contributed by atoms with Crippen molar-refractivity contribution in [1.29, 1.82) is 0 Å². The lowest BCUT2D eigenvalue weighted by molar-refractivity contribution is 0.194. The van der Waals surface area contributed by atoms with Crippen molar-refractivity contribution in [2.24, 2.45) is 0 Å². The van der Waals surface area contributed by atoms with Gasteiger partial charge in [0, 0.05) is 13.6 Å². The zero-order valence-corrected chi connectivity index (χ0v) is 15.0. The SMILES string of the molecule is CC(c1ccc(-n2cncn2)cc1)N(C)C(=O)NCCc1ccccc1. The van der Waals surface area contributed by atoms with E-state index in [-0.39, 0.29) is 12.1 Å². The van der Waals surface area contributed by atoms with Gasteiger partial charge in [0.1, 0.15) is 12.7 Å². The summed E-state index contributed by atoms with van der Waals surface area (Å²) >= 11 is 0. The van der Waals surface area contributed by atoms with Crippen molar-refractivity contribution in [3.05, 3.63) is 78.4 Å². The minimum atomic E-state index is -0.0752. The molecule has 0 aliphatic carbocycles. The standard InChI is InChI=1S/C20H23N5O/c1-16(18-8-10-19(11-9-18)25-15-21-14-23-25)24(2)20(26)22-13-12-17-6-4-3-5-7-17/h3-11,14-16H,12-13H2,1-2H3,(H,22,26). The summed E-state index contributed by atoms with van der Waals surface area (Å²) in [5.74, 6) is 0. The van der Waals surface area contributed by atoms with Gasteiger partial charge in [-0.1, -0.05) is 42.5 Å². The zero-order chi connectivity index (χ0) is 18.4. The van der Waals surface area contributed by atoms with Crippen LogP contribution in [0.5, 0.6) is 0 Å². The molecule has 6 nitrogen and oxygen atoms in total. The van der Waals surface area contributed by atoms with E-state index in [0.717, 1.165) is 17.7 Å². The molecule has 0 fully saturated rings. The normalized spacial score (nSPS) is 11.8. The van der Waals surface area contributed by atoms with Gasteiger partial charge in [-0.05, 0) is 36.6 Å². The van der Waals surface area contributed by atoms with Gasteiger partial charge in [-0.3, -0.25) is 0 Å². The minimum absolute atomic E-state index is 0.0310. The number of hydrogen-bond donors (Lipinski definition) is 1. The van der Waals surface area contributed by atoms with Gasteiger partial charge in [-0.2, -0.15) is 5.10 Å². The molecule has 0 radical (unpaired) electrons. The van der Waals surface area contributed by atoms with Gasteiger partial charge < -0.3 is 10.2 Å². The van der Waals surface area contributed by atoms with Gasteiger partial charge >= 0.3 is 6.03 Å². The van der Waals surface area contributed by atoms with Crippen LogP contribution in [-0.2, 0) is 6.42 Å². The molecule has 2 amide bonds. The van der Waals surface area contributed by atoms with E-state index in [0.29, 0.717) is 6.54 Å². The third kappa shape index (κ3) is 4.27. The van der Waals surface area contributed by atoms with E-state index < -0.39 is 0 Å². The van der Waals surface area contributed by atoms with Gasteiger partial charge in [0.15, 0.2) is 0 Å². The molecule has 134 valence electrons. The van der Waals surface area contributed by atoms with Crippen molar-refractivity contribution < 1.29 is 4.79 Å². The van der Waals surface area contributed by atoms with Crippen LogP contribution >= 0.6 is 0 Å². The number of benzene rings is 2. The van der Waals surface area contributed by atoms with E-state index in [1.54, 1.807) is 15.9 Å². The second-order valence-electron chi connectivity index (χ2n) is 6.19. The molecule has 0 spiro atoms. The highest BCUT2D eigenvalue weighted by atomic mass is 16.2. The van der Waals surface area contributed by atoms with Gasteiger partial charge in [-0.25, -0.2) is 14.5 Å². The van der Waals surface area contributed by atoms with Gasteiger partial charge in [-0.15, -0.1) is 0 Å². The highest BCUT2D eigenvalue weighted by Gasteiger charge is 2.17. The van der Waals surface area contributed by atoms with E-state index in [4.69, 9.17) is 0 Å². The van der Waals surface area contributed by atoms with Crippen molar-refractivity contribution in [3.63, 3.8) is 0 Å². The summed E-state index contributed by atoms with van der Waals surface area (Å²) < 4.78 is 1.70. The lowest BCUT2D eigenvalue weighted by atomic mass is 10.1. The molecule has 1 aromatic heterocycles. The smallest absolute Gasteiger partial charge is 0.317 e. The molecule has 3 aromatic rings. The van der Waals surface area contributed by atoms with E-state index in [9.17, 15) is 4.79 Å². The summed E-state index contributed by atoms with van der Waals surface area (Å²) in [7, 11) is 1.81. The molecule has 0 aliphatic heterocycles. The van der Waals surface area contributed by atoms with Crippen LogP contribution in [0.25, 0.3) is 5.69 Å². The molecule has 3 rings (SSSR count). The maximum Gasteiger partial charge on any atom is 0.317 e. The van der Waals surface area contributed by atoms with Crippen LogP contribution < -0.4 is 5.32 Å². The summed E-state index contributed by atoms with van der Waals surface area (Å²) in [5.41, 5.74) is 3.22. The average molecular weight is 349 g/mol. The van der Waals surface area contributed by atoms with Crippen LogP contribution in [0.2, 0.25) is 0 Å². The fourth-order valence-corrected chi connectivity index (χ4v) is 2.73. The van der Waals surface area contributed by atoms with Crippen LogP contribution in [0.15, 0.2) is 67.3 Å². The molecule has 0 bridgehead atoms. The van der Waals surface area contributed by atoms with Crippen LogP contribution in [0, 0.1) is 0 Å². The Morgan fingerprint density at radius 3 is 2.54 bits per heavy atom. The number of amides is 2.